The van der Waals surface area contributed by atoms with Gasteiger partial charge in [0, 0.05) is 31.4 Å². The molecule has 42 heavy (non-hydrogen) atoms. The van der Waals surface area contributed by atoms with Crippen molar-refractivity contribution in [1.29, 1.82) is 5.26 Å². The molecule has 5 nitrogen and oxygen atoms in total. The van der Waals surface area contributed by atoms with Crippen LogP contribution in [0.2, 0.25) is 0 Å². The molecule has 0 radical (unpaired) electrons. The number of ketones is 1. The predicted molar refractivity (Wildman–Crippen MR) is 180 cm³/mol. The first kappa shape index (κ1) is 36.3. The Labute approximate surface area is 255 Å². The lowest BCUT2D eigenvalue weighted by molar-refractivity contribution is -0.119. The van der Waals surface area contributed by atoms with E-state index in [0.29, 0.717) is 11.6 Å². The number of pyridine rings is 1. The number of aromatic nitrogens is 1. The molecule has 1 aliphatic rings. The molecule has 0 amide bonds. The summed E-state index contributed by atoms with van der Waals surface area (Å²) in [5, 5.41) is 13.3. The number of nitrogens with one attached hydrogen (secondary N) is 1. The van der Waals surface area contributed by atoms with E-state index in [4.69, 9.17) is 4.74 Å². The molecule has 0 aliphatic carbocycles. The van der Waals surface area contributed by atoms with E-state index in [9.17, 15) is 10.1 Å². The zero-order valence-corrected chi connectivity index (χ0v) is 27.5. The van der Waals surface area contributed by atoms with E-state index in [1.54, 1.807) is 6.92 Å². The summed E-state index contributed by atoms with van der Waals surface area (Å²) in [5.41, 5.74) is 9.41. The number of hydrogen-bond donors (Lipinski definition) is 1. The normalized spacial score (nSPS) is 12.9. The van der Waals surface area contributed by atoms with Gasteiger partial charge >= 0.3 is 0 Å². The van der Waals surface area contributed by atoms with Crippen LogP contribution in [0.25, 0.3) is 22.8 Å². The number of carbonyl (C=O) groups excluding carboxylic acids is 1. The average molecular weight is 570 g/mol. The molecule has 3 aromatic rings. The number of Topliss-reactive ketones (excluding diaryl/α,β-unsaturated/α-hetero) is 1. The smallest absolute Gasteiger partial charge is 0.132 e. The fourth-order valence-corrected chi connectivity index (χ4v) is 4.30. The van der Waals surface area contributed by atoms with Crippen LogP contribution in [0.5, 0.6) is 0 Å². The first-order valence-corrected chi connectivity index (χ1v) is 15.3. The Morgan fingerprint density at radius 1 is 1.02 bits per heavy atom. The van der Waals surface area contributed by atoms with Crippen molar-refractivity contribution in [3.05, 3.63) is 82.7 Å². The second kappa shape index (κ2) is 19.4. The van der Waals surface area contributed by atoms with Gasteiger partial charge in [-0.25, -0.2) is 0 Å². The lowest BCUT2D eigenvalue weighted by atomic mass is 9.95. The second-order valence-electron chi connectivity index (χ2n) is 10.2. The molecule has 4 rings (SSSR count). The summed E-state index contributed by atoms with van der Waals surface area (Å²) in [6, 6.07) is 19.2. The number of ether oxygens (including phenoxy) is 1. The molecule has 2 aromatic carbocycles. The first-order valence-electron chi connectivity index (χ1n) is 15.3. The van der Waals surface area contributed by atoms with Crippen molar-refractivity contribution in [1.82, 2.24) is 4.98 Å². The summed E-state index contributed by atoms with van der Waals surface area (Å²) in [6.45, 7) is 21.3. The highest BCUT2D eigenvalue weighted by Crippen LogP contribution is 2.31. The molecule has 0 unspecified atom stereocenters. The lowest BCUT2D eigenvalue weighted by Gasteiger charge is -2.24. The molecule has 0 atom stereocenters. The molecule has 1 aromatic heterocycles. The summed E-state index contributed by atoms with van der Waals surface area (Å²) in [7, 11) is 0. The van der Waals surface area contributed by atoms with E-state index >= 15 is 0 Å². The maximum atomic E-state index is 10.1. The lowest BCUT2D eigenvalue weighted by Crippen LogP contribution is -2.28. The molecule has 1 saturated heterocycles. The van der Waals surface area contributed by atoms with Gasteiger partial charge in [0.25, 0.3) is 0 Å². The molecule has 0 saturated carbocycles. The summed E-state index contributed by atoms with van der Waals surface area (Å²) in [5.74, 6) is 0.472. The van der Waals surface area contributed by atoms with Gasteiger partial charge in [-0.05, 0) is 98.2 Å². The van der Waals surface area contributed by atoms with E-state index in [-0.39, 0.29) is 11.7 Å². The Bertz CT molecular complexity index is 1330. The zero-order chi connectivity index (χ0) is 31.7. The standard InChI is InChI=1S/C28H29N3O.C5H10O.2C2H6/c1-19-6-4-5-7-25(19)20(2)16-28-21(3)26(10-13-30-28)22-8-9-27(23(17-22)18-29)31-24-11-14-32-15-12-24;1-4(2)5(3)6;2*1-2/h4-10,13,16-17,24,31H,11-12,14-15H2,1-3H3;4H,1-3H3;2*1-2H3/b20-16+;;;. The first-order chi connectivity index (χ1) is 20.2. The van der Waals surface area contributed by atoms with Crippen LogP contribution in [0.4, 0.5) is 5.69 Å². The second-order valence-corrected chi connectivity index (χ2v) is 10.2. The molecule has 5 heteroatoms. The van der Waals surface area contributed by atoms with Gasteiger partial charge in [-0.15, -0.1) is 0 Å². The zero-order valence-electron chi connectivity index (χ0n) is 27.5. The Morgan fingerprint density at radius 2 is 1.64 bits per heavy atom. The highest BCUT2D eigenvalue weighted by atomic mass is 16.5. The molecule has 1 N–H and O–H groups in total. The summed E-state index contributed by atoms with van der Waals surface area (Å²) in [4.78, 5) is 14.8. The largest absolute Gasteiger partial charge is 0.381 e. The maximum absolute atomic E-state index is 10.1. The van der Waals surface area contributed by atoms with Gasteiger partial charge < -0.3 is 10.1 Å². The van der Waals surface area contributed by atoms with Crippen LogP contribution in [0.3, 0.4) is 0 Å². The van der Waals surface area contributed by atoms with Crippen molar-refractivity contribution in [3.8, 4) is 17.2 Å². The van der Waals surface area contributed by atoms with Crippen LogP contribution in [0.1, 0.15) is 96.2 Å². The Hall–Kier alpha value is -3.75. The molecular formula is C37H51N3O2. The van der Waals surface area contributed by atoms with Gasteiger partial charge in [0.15, 0.2) is 0 Å². The van der Waals surface area contributed by atoms with Crippen molar-refractivity contribution < 1.29 is 9.53 Å². The average Bonchev–Trinajstić information content (AvgIpc) is 3.01. The number of hydrogen-bond acceptors (Lipinski definition) is 5. The van der Waals surface area contributed by atoms with Gasteiger partial charge in [-0.1, -0.05) is 71.9 Å². The third-order valence-corrected chi connectivity index (χ3v) is 7.01. The Kier molecular flexibility index (Phi) is 16.7. The monoisotopic (exact) mass is 569 g/mol. The fraction of sp³-hybridized carbons (Fsp3) is 0.432. The Balaban J connectivity index is 0.000000775. The highest BCUT2D eigenvalue weighted by Gasteiger charge is 2.16. The van der Waals surface area contributed by atoms with Crippen LogP contribution in [0, 0.1) is 31.1 Å². The topological polar surface area (TPSA) is 75.0 Å². The fourth-order valence-electron chi connectivity index (χ4n) is 4.30. The van der Waals surface area contributed by atoms with Crippen molar-refractivity contribution in [2.45, 2.75) is 88.1 Å². The minimum Gasteiger partial charge on any atom is -0.381 e. The van der Waals surface area contributed by atoms with Gasteiger partial charge in [-0.2, -0.15) is 5.26 Å². The van der Waals surface area contributed by atoms with Crippen molar-refractivity contribution in [3.63, 3.8) is 0 Å². The Morgan fingerprint density at radius 3 is 2.21 bits per heavy atom. The van der Waals surface area contributed by atoms with Crippen LogP contribution in [-0.4, -0.2) is 30.0 Å². The molecule has 226 valence electrons. The van der Waals surface area contributed by atoms with E-state index < -0.39 is 0 Å². The number of benzene rings is 2. The summed E-state index contributed by atoms with van der Waals surface area (Å²) >= 11 is 0. The summed E-state index contributed by atoms with van der Waals surface area (Å²) < 4.78 is 5.44. The highest BCUT2D eigenvalue weighted by molar-refractivity contribution is 5.83. The number of carbonyl (C=O) groups is 1. The molecule has 1 aliphatic heterocycles. The molecule has 1 fully saturated rings. The van der Waals surface area contributed by atoms with Gasteiger partial charge in [0.05, 0.1) is 16.9 Å². The van der Waals surface area contributed by atoms with Crippen LogP contribution >= 0.6 is 0 Å². The third-order valence-electron chi connectivity index (χ3n) is 7.01. The maximum Gasteiger partial charge on any atom is 0.132 e. The van der Waals surface area contributed by atoms with Crippen LogP contribution < -0.4 is 5.32 Å². The molecule has 2 heterocycles. The van der Waals surface area contributed by atoms with Gasteiger partial charge in [0.2, 0.25) is 0 Å². The number of aryl methyl sites for hydroxylation is 1. The third kappa shape index (κ3) is 10.9. The van der Waals surface area contributed by atoms with Crippen molar-refractivity contribution in [2.75, 3.05) is 18.5 Å². The van der Waals surface area contributed by atoms with E-state index in [1.807, 2.05) is 65.9 Å². The van der Waals surface area contributed by atoms with Crippen LogP contribution in [0.15, 0.2) is 54.7 Å². The van der Waals surface area contributed by atoms with Crippen molar-refractivity contribution in [2.24, 2.45) is 5.92 Å². The number of nitriles is 1. The quantitative estimate of drug-likeness (QED) is 0.320. The number of nitrogens with zero attached hydrogens (tertiary/aromatic N) is 2. The number of anilines is 1. The minimum absolute atomic E-state index is 0.213. The number of allylic oxidation sites excluding steroid dienone is 1. The summed E-state index contributed by atoms with van der Waals surface area (Å²) in [6.07, 6.45) is 5.92. The van der Waals surface area contributed by atoms with E-state index in [0.717, 1.165) is 54.1 Å². The molecule has 0 bridgehead atoms. The molecule has 0 spiro atoms. The van der Waals surface area contributed by atoms with E-state index in [1.165, 1.54) is 16.7 Å². The molecular weight excluding hydrogens is 518 g/mol. The van der Waals surface area contributed by atoms with Crippen LogP contribution in [-0.2, 0) is 9.53 Å². The minimum atomic E-state index is 0.213. The SMILES string of the molecule is C/C(=C\c1nccc(-c2ccc(NC3CCOCC3)c(C#N)c2)c1C)c1ccccc1C.CC.CC.CC(=O)C(C)C. The van der Waals surface area contributed by atoms with Gasteiger partial charge in [-0.3, -0.25) is 9.78 Å². The van der Waals surface area contributed by atoms with Gasteiger partial charge in [0.1, 0.15) is 11.9 Å². The van der Waals surface area contributed by atoms with E-state index in [2.05, 4.69) is 73.5 Å². The number of rotatable bonds is 6. The van der Waals surface area contributed by atoms with Crippen molar-refractivity contribution >= 4 is 23.1 Å². The predicted octanol–water partition coefficient (Wildman–Crippen LogP) is 9.67.